The zero-order valence-electron chi connectivity index (χ0n) is 10.3. The highest BCUT2D eigenvalue weighted by atomic mass is 16.3. The van der Waals surface area contributed by atoms with Crippen LogP contribution in [-0.4, -0.2) is 6.21 Å². The number of benzene rings is 1. The number of hydrogen-bond acceptors (Lipinski definition) is 2. The molecule has 2 rings (SSSR count). The summed E-state index contributed by atoms with van der Waals surface area (Å²) in [5.74, 6) is 1.73. The fourth-order valence-electron chi connectivity index (χ4n) is 1.79. The summed E-state index contributed by atoms with van der Waals surface area (Å²) in [7, 11) is 0. The van der Waals surface area contributed by atoms with Crippen LogP contribution in [0.2, 0.25) is 0 Å². The monoisotopic (exact) mass is 227 g/mol. The smallest absolute Gasteiger partial charge is 0.144 e. The molecule has 0 fully saturated rings. The molecule has 0 unspecified atom stereocenters. The number of rotatable bonds is 4. The molecule has 0 aliphatic heterocycles. The highest BCUT2D eigenvalue weighted by molar-refractivity contribution is 5.76. The summed E-state index contributed by atoms with van der Waals surface area (Å²) in [4.78, 5) is 4.58. The molecule has 0 aliphatic carbocycles. The van der Waals surface area contributed by atoms with E-state index in [9.17, 15) is 0 Å². The van der Waals surface area contributed by atoms with Crippen molar-refractivity contribution in [2.45, 2.75) is 26.3 Å². The van der Waals surface area contributed by atoms with Gasteiger partial charge in [-0.1, -0.05) is 37.3 Å². The summed E-state index contributed by atoms with van der Waals surface area (Å²) in [5, 5.41) is 0. The van der Waals surface area contributed by atoms with Gasteiger partial charge < -0.3 is 4.42 Å². The second-order valence-electron chi connectivity index (χ2n) is 4.06. The molecule has 88 valence electrons. The Labute approximate surface area is 102 Å². The predicted molar refractivity (Wildman–Crippen MR) is 70.5 cm³/mol. The molecule has 2 nitrogen and oxygen atoms in total. The zero-order chi connectivity index (χ0) is 12.1. The highest BCUT2D eigenvalue weighted by Crippen LogP contribution is 2.20. The van der Waals surface area contributed by atoms with Gasteiger partial charge in [0.25, 0.3) is 0 Å². The van der Waals surface area contributed by atoms with Crippen LogP contribution in [0.15, 0.2) is 51.9 Å². The van der Waals surface area contributed by atoms with Crippen LogP contribution in [-0.2, 0) is 0 Å². The van der Waals surface area contributed by atoms with Crippen molar-refractivity contribution in [3.05, 3.63) is 59.5 Å². The molecule has 0 saturated carbocycles. The first-order valence-electron chi connectivity index (χ1n) is 5.94. The minimum atomic E-state index is 0.210. The van der Waals surface area contributed by atoms with Gasteiger partial charge in [-0.3, -0.25) is 4.99 Å². The van der Waals surface area contributed by atoms with Crippen LogP contribution in [0.4, 0.5) is 0 Å². The lowest BCUT2D eigenvalue weighted by Crippen LogP contribution is -1.94. The SMILES string of the molecule is CC[C@H](N=Cc1ccc(C)o1)c1ccccc1. The molecule has 0 aliphatic rings. The Morgan fingerprint density at radius 3 is 2.53 bits per heavy atom. The third-order valence-electron chi connectivity index (χ3n) is 2.71. The molecular formula is C15H17NO. The van der Waals surface area contributed by atoms with Gasteiger partial charge in [0.05, 0.1) is 12.3 Å². The Kier molecular flexibility index (Phi) is 3.76. The van der Waals surface area contributed by atoms with Crippen LogP contribution in [0.3, 0.4) is 0 Å². The second-order valence-corrected chi connectivity index (χ2v) is 4.06. The molecule has 17 heavy (non-hydrogen) atoms. The highest BCUT2D eigenvalue weighted by Gasteiger charge is 2.05. The molecule has 0 spiro atoms. The van der Waals surface area contributed by atoms with Gasteiger partial charge in [0.1, 0.15) is 11.5 Å². The zero-order valence-corrected chi connectivity index (χ0v) is 10.3. The van der Waals surface area contributed by atoms with Crippen molar-refractivity contribution in [1.82, 2.24) is 0 Å². The van der Waals surface area contributed by atoms with Gasteiger partial charge >= 0.3 is 0 Å². The van der Waals surface area contributed by atoms with Crippen LogP contribution < -0.4 is 0 Å². The number of aliphatic imine (C=N–C) groups is 1. The summed E-state index contributed by atoms with van der Waals surface area (Å²) in [6.45, 7) is 4.08. The van der Waals surface area contributed by atoms with Gasteiger partial charge in [0.15, 0.2) is 0 Å². The molecule has 0 radical (unpaired) electrons. The van der Waals surface area contributed by atoms with Crippen LogP contribution in [0.1, 0.15) is 36.5 Å². The molecule has 0 bridgehead atoms. The van der Waals surface area contributed by atoms with E-state index in [1.54, 1.807) is 0 Å². The van der Waals surface area contributed by atoms with E-state index in [0.29, 0.717) is 0 Å². The fourth-order valence-corrected chi connectivity index (χ4v) is 1.79. The number of aryl methyl sites for hydroxylation is 1. The normalized spacial score (nSPS) is 13.1. The Bertz CT molecular complexity index is 485. The lowest BCUT2D eigenvalue weighted by atomic mass is 10.1. The number of hydrogen-bond donors (Lipinski definition) is 0. The second kappa shape index (κ2) is 5.48. The lowest BCUT2D eigenvalue weighted by Gasteiger charge is -2.09. The predicted octanol–water partition coefficient (Wildman–Crippen LogP) is 4.16. The van der Waals surface area contributed by atoms with E-state index in [1.165, 1.54) is 5.56 Å². The molecule has 0 saturated heterocycles. The average Bonchev–Trinajstić information content (AvgIpc) is 2.77. The Morgan fingerprint density at radius 2 is 1.94 bits per heavy atom. The minimum absolute atomic E-state index is 0.210. The Balaban J connectivity index is 2.13. The van der Waals surface area contributed by atoms with Gasteiger partial charge in [-0.25, -0.2) is 0 Å². The van der Waals surface area contributed by atoms with E-state index in [4.69, 9.17) is 4.42 Å². The van der Waals surface area contributed by atoms with Gasteiger partial charge in [-0.2, -0.15) is 0 Å². The first-order chi connectivity index (χ1) is 8.29. The Hall–Kier alpha value is -1.83. The topological polar surface area (TPSA) is 25.5 Å². The van der Waals surface area contributed by atoms with Crippen molar-refractivity contribution in [3.63, 3.8) is 0 Å². The van der Waals surface area contributed by atoms with Gasteiger partial charge in [-0.05, 0) is 31.0 Å². The number of nitrogens with zero attached hydrogens (tertiary/aromatic N) is 1. The van der Waals surface area contributed by atoms with E-state index >= 15 is 0 Å². The average molecular weight is 227 g/mol. The largest absolute Gasteiger partial charge is 0.460 e. The van der Waals surface area contributed by atoms with E-state index in [1.807, 2.05) is 43.5 Å². The maximum atomic E-state index is 5.46. The molecule has 1 aromatic heterocycles. The molecule has 1 aromatic carbocycles. The van der Waals surface area contributed by atoms with Crippen molar-refractivity contribution in [1.29, 1.82) is 0 Å². The van der Waals surface area contributed by atoms with E-state index < -0.39 is 0 Å². The summed E-state index contributed by atoms with van der Waals surface area (Å²) in [6, 6.07) is 14.4. The van der Waals surface area contributed by atoms with Crippen LogP contribution in [0.25, 0.3) is 0 Å². The first kappa shape index (κ1) is 11.6. The quantitative estimate of drug-likeness (QED) is 0.720. The van der Waals surface area contributed by atoms with Crippen molar-refractivity contribution in [2.24, 2.45) is 4.99 Å². The molecule has 1 atom stereocenters. The maximum absolute atomic E-state index is 5.46. The molecule has 2 heteroatoms. The fraction of sp³-hybridized carbons (Fsp3) is 0.267. The summed E-state index contributed by atoms with van der Waals surface area (Å²) in [5.41, 5.74) is 1.24. The lowest BCUT2D eigenvalue weighted by molar-refractivity contribution is 0.527. The third kappa shape index (κ3) is 3.06. The summed E-state index contributed by atoms with van der Waals surface area (Å²) in [6.07, 6.45) is 2.80. The van der Waals surface area contributed by atoms with Gasteiger partial charge in [-0.15, -0.1) is 0 Å². The first-order valence-corrected chi connectivity index (χ1v) is 5.94. The molecule has 0 N–H and O–H groups in total. The maximum Gasteiger partial charge on any atom is 0.144 e. The molecule has 2 aromatic rings. The summed E-state index contributed by atoms with van der Waals surface area (Å²) < 4.78 is 5.46. The molecule has 0 amide bonds. The van der Waals surface area contributed by atoms with Crippen molar-refractivity contribution < 1.29 is 4.42 Å². The van der Waals surface area contributed by atoms with Gasteiger partial charge in [0, 0.05) is 0 Å². The van der Waals surface area contributed by atoms with Crippen molar-refractivity contribution >= 4 is 6.21 Å². The van der Waals surface area contributed by atoms with E-state index in [-0.39, 0.29) is 6.04 Å². The summed E-state index contributed by atoms with van der Waals surface area (Å²) >= 11 is 0. The van der Waals surface area contributed by atoms with E-state index in [2.05, 4.69) is 24.0 Å². The van der Waals surface area contributed by atoms with Crippen molar-refractivity contribution in [3.8, 4) is 0 Å². The Morgan fingerprint density at radius 1 is 1.18 bits per heavy atom. The molecule has 1 heterocycles. The van der Waals surface area contributed by atoms with Crippen LogP contribution in [0, 0.1) is 6.92 Å². The standard InChI is InChI=1S/C15H17NO/c1-3-15(13-7-5-4-6-8-13)16-11-14-10-9-12(2)17-14/h4-11,15H,3H2,1-2H3/t15-/m0/s1. The minimum Gasteiger partial charge on any atom is -0.460 e. The van der Waals surface area contributed by atoms with Crippen molar-refractivity contribution in [2.75, 3.05) is 0 Å². The van der Waals surface area contributed by atoms with Gasteiger partial charge in [0.2, 0.25) is 0 Å². The van der Waals surface area contributed by atoms with E-state index in [0.717, 1.165) is 17.9 Å². The van der Waals surface area contributed by atoms with Crippen LogP contribution in [0.5, 0.6) is 0 Å². The third-order valence-corrected chi connectivity index (χ3v) is 2.71. The number of furan rings is 1. The molecular weight excluding hydrogens is 210 g/mol. The van der Waals surface area contributed by atoms with Crippen LogP contribution >= 0.6 is 0 Å².